The topological polar surface area (TPSA) is 18.5 Å². The van der Waals surface area contributed by atoms with Crippen LogP contribution in [0.3, 0.4) is 0 Å². The fourth-order valence-corrected chi connectivity index (χ4v) is 4.02. The summed E-state index contributed by atoms with van der Waals surface area (Å²) in [6.07, 6.45) is 14.1. The molecule has 110 valence electrons. The second kappa shape index (κ2) is 7.33. The Bertz CT molecular complexity index is 279. The highest BCUT2D eigenvalue weighted by molar-refractivity contribution is 4.86. The molecule has 0 aliphatic heterocycles. The second-order valence-electron chi connectivity index (χ2n) is 6.47. The summed E-state index contributed by atoms with van der Waals surface area (Å²) in [5, 5.41) is 0. The average molecular weight is 266 g/mol. The Kier molecular flexibility index (Phi) is 5.75. The van der Waals surface area contributed by atoms with Crippen molar-refractivity contribution in [3.63, 3.8) is 0 Å². The van der Waals surface area contributed by atoms with Gasteiger partial charge in [-0.05, 0) is 69.6 Å². The Labute approximate surface area is 118 Å². The number of methoxy groups -OCH3 is 1. The quantitative estimate of drug-likeness (QED) is 0.695. The van der Waals surface area contributed by atoms with Crippen LogP contribution >= 0.6 is 0 Å². The summed E-state index contributed by atoms with van der Waals surface area (Å²) < 4.78 is 11.3. The van der Waals surface area contributed by atoms with Crippen LogP contribution in [0.25, 0.3) is 0 Å². The van der Waals surface area contributed by atoms with E-state index in [1.165, 1.54) is 44.9 Å². The Morgan fingerprint density at radius 3 is 2.21 bits per heavy atom. The van der Waals surface area contributed by atoms with Gasteiger partial charge in [-0.25, -0.2) is 0 Å². The molecule has 2 nitrogen and oxygen atoms in total. The third-order valence-corrected chi connectivity index (χ3v) is 5.24. The molecule has 3 atom stereocenters. The summed E-state index contributed by atoms with van der Waals surface area (Å²) in [6, 6.07) is 0. The van der Waals surface area contributed by atoms with E-state index < -0.39 is 0 Å². The van der Waals surface area contributed by atoms with E-state index >= 15 is 0 Å². The summed E-state index contributed by atoms with van der Waals surface area (Å²) in [7, 11) is 1.86. The van der Waals surface area contributed by atoms with Gasteiger partial charge in [-0.1, -0.05) is 13.0 Å². The number of rotatable bonds is 4. The predicted molar refractivity (Wildman–Crippen MR) is 78.9 cm³/mol. The van der Waals surface area contributed by atoms with E-state index in [9.17, 15) is 0 Å². The van der Waals surface area contributed by atoms with E-state index in [-0.39, 0.29) is 0 Å². The zero-order valence-electron chi connectivity index (χ0n) is 12.8. The molecule has 0 aromatic carbocycles. The van der Waals surface area contributed by atoms with Gasteiger partial charge in [0, 0.05) is 7.11 Å². The summed E-state index contributed by atoms with van der Waals surface area (Å²) in [6.45, 7) is 4.38. The number of allylic oxidation sites excluding steroid dienone is 1. The van der Waals surface area contributed by atoms with Crippen LogP contribution in [-0.4, -0.2) is 19.3 Å². The van der Waals surface area contributed by atoms with Crippen molar-refractivity contribution in [3.8, 4) is 0 Å². The molecule has 0 aromatic heterocycles. The van der Waals surface area contributed by atoms with E-state index in [2.05, 4.69) is 6.92 Å². The first-order chi connectivity index (χ1) is 9.24. The minimum absolute atomic E-state index is 0.447. The van der Waals surface area contributed by atoms with Gasteiger partial charge >= 0.3 is 0 Å². The fraction of sp³-hybridized carbons (Fsp3) is 0.882. The zero-order chi connectivity index (χ0) is 13.7. The molecule has 2 rings (SSSR count). The second-order valence-corrected chi connectivity index (χ2v) is 6.47. The molecule has 0 radical (unpaired) electrons. The van der Waals surface area contributed by atoms with Gasteiger partial charge in [0.15, 0.2) is 0 Å². The van der Waals surface area contributed by atoms with E-state index in [0.717, 1.165) is 11.8 Å². The van der Waals surface area contributed by atoms with Crippen molar-refractivity contribution in [1.82, 2.24) is 0 Å². The van der Waals surface area contributed by atoms with Crippen molar-refractivity contribution in [2.75, 3.05) is 7.11 Å². The molecule has 0 spiro atoms. The molecule has 0 aromatic rings. The number of hydrogen-bond donors (Lipinski definition) is 0. The van der Waals surface area contributed by atoms with Crippen molar-refractivity contribution in [2.24, 2.45) is 17.8 Å². The molecule has 2 heteroatoms. The van der Waals surface area contributed by atoms with Crippen LogP contribution in [0, 0.1) is 17.8 Å². The number of hydrogen-bond acceptors (Lipinski definition) is 2. The first kappa shape index (κ1) is 14.9. The van der Waals surface area contributed by atoms with E-state index in [1.54, 1.807) is 0 Å². The lowest BCUT2D eigenvalue weighted by Crippen LogP contribution is -2.34. The van der Waals surface area contributed by atoms with E-state index in [4.69, 9.17) is 9.47 Å². The fourth-order valence-electron chi connectivity index (χ4n) is 4.02. The summed E-state index contributed by atoms with van der Waals surface area (Å²) >= 11 is 0. The lowest BCUT2D eigenvalue weighted by molar-refractivity contribution is 0.00571. The summed E-state index contributed by atoms with van der Waals surface area (Å²) in [5.41, 5.74) is 0. The maximum Gasteiger partial charge on any atom is 0.100 e. The monoisotopic (exact) mass is 266 g/mol. The summed E-state index contributed by atoms with van der Waals surface area (Å²) in [4.78, 5) is 0. The van der Waals surface area contributed by atoms with Crippen LogP contribution in [0.2, 0.25) is 0 Å². The van der Waals surface area contributed by atoms with Crippen molar-refractivity contribution >= 4 is 0 Å². The highest BCUT2D eigenvalue weighted by atomic mass is 16.5. The van der Waals surface area contributed by atoms with Crippen LogP contribution in [0.4, 0.5) is 0 Å². The molecule has 0 bridgehead atoms. The molecular formula is C17H30O2. The van der Waals surface area contributed by atoms with E-state index in [1.807, 2.05) is 26.4 Å². The van der Waals surface area contributed by atoms with Gasteiger partial charge in [-0.15, -0.1) is 0 Å². The molecule has 2 fully saturated rings. The normalized spacial score (nSPS) is 40.5. The van der Waals surface area contributed by atoms with Gasteiger partial charge in [-0.2, -0.15) is 0 Å². The summed E-state index contributed by atoms with van der Waals surface area (Å²) in [5.74, 6) is 2.57. The van der Waals surface area contributed by atoms with Crippen LogP contribution in [-0.2, 0) is 9.47 Å². The molecule has 0 saturated heterocycles. The largest absolute Gasteiger partial charge is 0.498 e. The van der Waals surface area contributed by atoms with Crippen LogP contribution in [0.1, 0.15) is 58.8 Å². The standard InChI is InChI=1S/C17H30O2/c1-4-11-19-17-10-7-15(12-13(17)2)14-5-8-16(18-3)9-6-14/h4,11,13-17H,5-10,12H2,1-3H3/b11-4+. The lowest BCUT2D eigenvalue weighted by atomic mass is 9.69. The van der Waals surface area contributed by atoms with E-state index in [0.29, 0.717) is 18.1 Å². The molecule has 2 aliphatic rings. The van der Waals surface area contributed by atoms with Crippen molar-refractivity contribution in [3.05, 3.63) is 12.3 Å². The Morgan fingerprint density at radius 2 is 1.63 bits per heavy atom. The van der Waals surface area contributed by atoms with Gasteiger partial charge in [0.05, 0.1) is 12.4 Å². The highest BCUT2D eigenvalue weighted by Gasteiger charge is 2.34. The third kappa shape index (κ3) is 3.98. The predicted octanol–water partition coefficient (Wildman–Crippen LogP) is 4.55. The van der Waals surface area contributed by atoms with Crippen LogP contribution < -0.4 is 0 Å². The molecule has 3 unspecified atom stereocenters. The molecule has 0 heterocycles. The lowest BCUT2D eigenvalue weighted by Gasteiger charge is -2.40. The van der Waals surface area contributed by atoms with Gasteiger partial charge < -0.3 is 9.47 Å². The molecule has 2 saturated carbocycles. The van der Waals surface area contributed by atoms with Crippen LogP contribution in [0.5, 0.6) is 0 Å². The maximum absolute atomic E-state index is 5.81. The molecule has 2 aliphatic carbocycles. The van der Waals surface area contributed by atoms with Crippen molar-refractivity contribution in [1.29, 1.82) is 0 Å². The number of ether oxygens (including phenoxy) is 2. The van der Waals surface area contributed by atoms with Gasteiger partial charge in [0.2, 0.25) is 0 Å². The van der Waals surface area contributed by atoms with Crippen molar-refractivity contribution < 1.29 is 9.47 Å². The minimum Gasteiger partial charge on any atom is -0.498 e. The first-order valence-electron chi connectivity index (χ1n) is 8.04. The molecule has 19 heavy (non-hydrogen) atoms. The van der Waals surface area contributed by atoms with Gasteiger partial charge in [0.1, 0.15) is 6.10 Å². The molecular weight excluding hydrogens is 236 g/mol. The zero-order valence-corrected chi connectivity index (χ0v) is 12.8. The SMILES string of the molecule is C/C=C/OC1CCC(C2CCC(OC)CC2)CC1C. The minimum atomic E-state index is 0.447. The average Bonchev–Trinajstić information content (AvgIpc) is 2.46. The van der Waals surface area contributed by atoms with Gasteiger partial charge in [-0.3, -0.25) is 0 Å². The Hall–Kier alpha value is -0.500. The maximum atomic E-state index is 5.81. The Morgan fingerprint density at radius 1 is 0.947 bits per heavy atom. The molecule has 0 N–H and O–H groups in total. The Balaban J connectivity index is 1.78. The van der Waals surface area contributed by atoms with Gasteiger partial charge in [0.25, 0.3) is 0 Å². The van der Waals surface area contributed by atoms with Crippen LogP contribution in [0.15, 0.2) is 12.3 Å². The van der Waals surface area contributed by atoms with Crippen molar-refractivity contribution in [2.45, 2.75) is 71.0 Å². The third-order valence-electron chi connectivity index (χ3n) is 5.24. The first-order valence-corrected chi connectivity index (χ1v) is 8.04. The molecule has 0 amide bonds. The highest BCUT2D eigenvalue weighted by Crippen LogP contribution is 2.41. The smallest absolute Gasteiger partial charge is 0.100 e.